The van der Waals surface area contributed by atoms with Crippen molar-refractivity contribution in [1.29, 1.82) is 0 Å². The summed E-state index contributed by atoms with van der Waals surface area (Å²) in [6.45, 7) is 3.64. The van der Waals surface area contributed by atoms with E-state index in [1.54, 1.807) is 12.3 Å². The Labute approximate surface area is 197 Å². The van der Waals surface area contributed by atoms with E-state index in [1.807, 2.05) is 30.3 Å². The number of rotatable bonds is 7. The normalized spacial score (nSPS) is 17.0. The Balaban J connectivity index is 1.39. The Morgan fingerprint density at radius 1 is 1.15 bits per heavy atom. The molecule has 3 aromatic rings. The molecule has 2 aliphatic rings. The number of carbonyl (C=O) groups is 1. The number of nitrogens with zero attached hydrogens (tertiary/aromatic N) is 2. The molecule has 0 saturated carbocycles. The molecule has 174 valence electrons. The maximum Gasteiger partial charge on any atom is 0.146 e. The number of aromatic nitrogens is 1. The number of carbonyl (C=O) groups excluding carboxylic acids is 1. The molecule has 0 amide bonds. The third-order valence-corrected chi connectivity index (χ3v) is 5.94. The van der Waals surface area contributed by atoms with Gasteiger partial charge in [0.15, 0.2) is 0 Å². The molecule has 7 nitrogen and oxygen atoms in total. The molecule has 0 aliphatic carbocycles. The van der Waals surface area contributed by atoms with Crippen molar-refractivity contribution in [3.63, 3.8) is 0 Å². The van der Waals surface area contributed by atoms with Crippen LogP contribution in [0.3, 0.4) is 0 Å². The first-order chi connectivity index (χ1) is 16.7. The quantitative estimate of drug-likeness (QED) is 0.457. The average Bonchev–Trinajstić information content (AvgIpc) is 2.88. The highest BCUT2D eigenvalue weighted by atomic mass is 19.1. The number of halogens is 1. The highest BCUT2D eigenvalue weighted by Crippen LogP contribution is 2.32. The number of benzene rings is 2. The fraction of sp³-hybridized carbons (Fsp3) is 0.231. The van der Waals surface area contributed by atoms with Crippen LogP contribution in [-0.4, -0.2) is 37.6 Å². The summed E-state index contributed by atoms with van der Waals surface area (Å²) in [5.41, 5.74) is 4.51. The monoisotopic (exact) mass is 459 g/mol. The van der Waals surface area contributed by atoms with E-state index in [1.165, 1.54) is 12.1 Å². The smallest absolute Gasteiger partial charge is 0.146 e. The molecule has 1 aromatic heterocycles. The van der Waals surface area contributed by atoms with E-state index >= 15 is 0 Å². The second-order valence-corrected chi connectivity index (χ2v) is 8.23. The van der Waals surface area contributed by atoms with Crippen molar-refractivity contribution >= 4 is 35.4 Å². The van der Waals surface area contributed by atoms with Crippen molar-refractivity contribution in [3.8, 4) is 0 Å². The first-order valence-corrected chi connectivity index (χ1v) is 11.3. The van der Waals surface area contributed by atoms with Crippen LogP contribution in [0.1, 0.15) is 22.7 Å². The molecule has 1 unspecified atom stereocenters. The third kappa shape index (κ3) is 4.87. The number of pyridine rings is 1. The highest BCUT2D eigenvalue weighted by Gasteiger charge is 2.22. The van der Waals surface area contributed by atoms with Crippen LogP contribution >= 0.6 is 0 Å². The molecule has 0 bridgehead atoms. The molecule has 5 rings (SSSR count). The molecule has 0 spiro atoms. The molecule has 2 aliphatic heterocycles. The number of hydrogen-bond acceptors (Lipinski definition) is 7. The van der Waals surface area contributed by atoms with Crippen LogP contribution in [0, 0.1) is 5.82 Å². The van der Waals surface area contributed by atoms with Crippen LogP contribution < -0.4 is 20.9 Å². The lowest BCUT2D eigenvalue weighted by Gasteiger charge is -2.29. The minimum Gasteiger partial charge on any atom is -0.378 e. The summed E-state index contributed by atoms with van der Waals surface area (Å²) in [6, 6.07) is 16.0. The lowest BCUT2D eigenvalue weighted by atomic mass is 9.99. The Kier molecular flexibility index (Phi) is 6.40. The van der Waals surface area contributed by atoms with Crippen LogP contribution in [0.5, 0.6) is 0 Å². The maximum atomic E-state index is 13.6. The van der Waals surface area contributed by atoms with Crippen LogP contribution in [0.15, 0.2) is 60.8 Å². The Hall–Kier alpha value is -3.91. The summed E-state index contributed by atoms with van der Waals surface area (Å²) < 4.78 is 19.0. The molecule has 8 heteroatoms. The number of anilines is 4. The number of hydrogen-bond donors (Lipinski definition) is 3. The van der Waals surface area contributed by atoms with Crippen molar-refractivity contribution in [2.45, 2.75) is 12.6 Å². The molecule has 1 fully saturated rings. The largest absolute Gasteiger partial charge is 0.378 e. The zero-order chi connectivity index (χ0) is 23.3. The van der Waals surface area contributed by atoms with Crippen LogP contribution in [-0.2, 0) is 16.1 Å². The van der Waals surface area contributed by atoms with Crippen molar-refractivity contribution in [2.24, 2.45) is 0 Å². The average molecular weight is 460 g/mol. The van der Waals surface area contributed by atoms with E-state index in [9.17, 15) is 9.18 Å². The number of aldehydes is 1. The van der Waals surface area contributed by atoms with Gasteiger partial charge in [-0.3, -0.25) is 0 Å². The molecule has 1 atom stereocenters. The van der Waals surface area contributed by atoms with Crippen molar-refractivity contribution in [3.05, 3.63) is 83.3 Å². The van der Waals surface area contributed by atoms with E-state index < -0.39 is 6.04 Å². The van der Waals surface area contributed by atoms with E-state index in [0.29, 0.717) is 18.2 Å². The summed E-state index contributed by atoms with van der Waals surface area (Å²) in [5, 5.41) is 9.71. The number of fused-ring (bicyclic) bond motifs is 1. The van der Waals surface area contributed by atoms with Gasteiger partial charge in [-0.25, -0.2) is 9.37 Å². The molecular weight excluding hydrogens is 433 g/mol. The molecule has 1 saturated heterocycles. The fourth-order valence-corrected chi connectivity index (χ4v) is 4.23. The second kappa shape index (κ2) is 9.93. The van der Waals surface area contributed by atoms with Gasteiger partial charge in [0, 0.05) is 36.6 Å². The zero-order valence-corrected chi connectivity index (χ0v) is 18.6. The van der Waals surface area contributed by atoms with Gasteiger partial charge in [0.05, 0.1) is 13.2 Å². The van der Waals surface area contributed by atoms with Gasteiger partial charge in [0.1, 0.15) is 29.8 Å². The highest BCUT2D eigenvalue weighted by molar-refractivity contribution is 5.77. The molecule has 0 radical (unpaired) electrons. The van der Waals surface area contributed by atoms with Crippen LogP contribution in [0.2, 0.25) is 0 Å². The summed E-state index contributed by atoms with van der Waals surface area (Å²) in [7, 11) is 0. The summed E-state index contributed by atoms with van der Waals surface area (Å²) in [6.07, 6.45) is 4.53. The minimum atomic E-state index is -0.510. The van der Waals surface area contributed by atoms with E-state index in [-0.39, 0.29) is 5.82 Å². The number of morpholine rings is 1. The van der Waals surface area contributed by atoms with Gasteiger partial charge in [-0.15, -0.1) is 0 Å². The van der Waals surface area contributed by atoms with Gasteiger partial charge in [0.2, 0.25) is 0 Å². The van der Waals surface area contributed by atoms with Crippen molar-refractivity contribution < 1.29 is 13.9 Å². The Morgan fingerprint density at radius 2 is 1.97 bits per heavy atom. The summed E-state index contributed by atoms with van der Waals surface area (Å²) in [4.78, 5) is 18.8. The van der Waals surface area contributed by atoms with Gasteiger partial charge >= 0.3 is 0 Å². The van der Waals surface area contributed by atoms with Gasteiger partial charge in [-0.05, 0) is 65.9 Å². The summed E-state index contributed by atoms with van der Waals surface area (Å²) in [5.74, 6) is 0.930. The lowest BCUT2D eigenvalue weighted by molar-refractivity contribution is -0.109. The lowest BCUT2D eigenvalue weighted by Crippen LogP contribution is -2.36. The Morgan fingerprint density at radius 3 is 2.74 bits per heavy atom. The first kappa shape index (κ1) is 21.9. The van der Waals surface area contributed by atoms with Crippen LogP contribution in [0.4, 0.5) is 27.4 Å². The maximum absolute atomic E-state index is 13.6. The molecule has 2 aromatic carbocycles. The third-order valence-electron chi connectivity index (χ3n) is 5.94. The van der Waals surface area contributed by atoms with E-state index in [2.05, 4.69) is 33.0 Å². The fourth-order valence-electron chi connectivity index (χ4n) is 4.23. The SMILES string of the molecule is O=CC1NC=Cc2cc(Nc3ccc(N4CCOCC4)cc3)nc(NCc3cccc(F)c3)c21. The number of nitrogens with one attached hydrogen (secondary N) is 3. The predicted octanol–water partition coefficient (Wildman–Crippen LogP) is 4.23. The first-order valence-electron chi connectivity index (χ1n) is 11.3. The predicted molar refractivity (Wildman–Crippen MR) is 132 cm³/mol. The topological polar surface area (TPSA) is 78.5 Å². The standard InChI is InChI=1S/C26H26FN5O2/c27-20-3-1-2-18(14-20)16-29-26-25-19(8-9-28-23(25)17-33)15-24(31-26)30-21-4-6-22(7-5-21)32-10-12-34-13-11-32/h1-9,14-15,17,23,28H,10-13,16H2,(H2,29,30,31). The van der Waals surface area contributed by atoms with E-state index in [0.717, 1.165) is 60.7 Å². The van der Waals surface area contributed by atoms with Gasteiger partial charge in [-0.1, -0.05) is 12.1 Å². The minimum absolute atomic E-state index is 0.291. The van der Waals surface area contributed by atoms with Crippen LogP contribution in [0.25, 0.3) is 6.08 Å². The molecule has 3 N–H and O–H groups in total. The van der Waals surface area contributed by atoms with Gasteiger partial charge in [-0.2, -0.15) is 0 Å². The van der Waals surface area contributed by atoms with Crippen molar-refractivity contribution in [2.75, 3.05) is 41.8 Å². The zero-order valence-electron chi connectivity index (χ0n) is 18.6. The summed E-state index contributed by atoms with van der Waals surface area (Å²) >= 11 is 0. The molecule has 34 heavy (non-hydrogen) atoms. The van der Waals surface area contributed by atoms with Crippen molar-refractivity contribution in [1.82, 2.24) is 10.3 Å². The van der Waals surface area contributed by atoms with E-state index in [4.69, 9.17) is 9.72 Å². The second-order valence-electron chi connectivity index (χ2n) is 8.23. The van der Waals surface area contributed by atoms with Gasteiger partial charge < -0.3 is 30.4 Å². The number of ether oxygens (including phenoxy) is 1. The molecule has 3 heterocycles. The van der Waals surface area contributed by atoms with Gasteiger partial charge in [0.25, 0.3) is 0 Å². The molecular formula is C26H26FN5O2. The Bertz CT molecular complexity index is 1190.